The van der Waals surface area contributed by atoms with Crippen LogP contribution in [0.2, 0.25) is 5.02 Å². The Bertz CT molecular complexity index is 1640. The highest BCUT2D eigenvalue weighted by molar-refractivity contribution is 7.90. The Labute approximate surface area is 289 Å². The number of benzene rings is 2. The number of sulfonamides is 1. The van der Waals surface area contributed by atoms with Crippen LogP contribution >= 0.6 is 11.6 Å². The number of hydrogen-bond donors (Lipinski definition) is 1. The van der Waals surface area contributed by atoms with E-state index in [4.69, 9.17) is 30.5 Å². The molecular weight excluding hydrogens is 652 g/mol. The summed E-state index contributed by atoms with van der Waals surface area (Å²) in [4.78, 5) is 16.2. The van der Waals surface area contributed by atoms with Crippen molar-refractivity contribution in [1.82, 2.24) is 4.72 Å². The third-order valence-electron chi connectivity index (χ3n) is 11.5. The van der Waals surface area contributed by atoms with Gasteiger partial charge in [-0.1, -0.05) is 29.8 Å². The van der Waals surface area contributed by atoms with Gasteiger partial charge in [0, 0.05) is 49.9 Å². The molecule has 2 aliphatic carbocycles. The average Bonchev–Trinajstić information content (AvgIpc) is 3.53. The number of anilines is 1. The maximum Gasteiger partial charge on any atom is 0.264 e. The van der Waals surface area contributed by atoms with Crippen molar-refractivity contribution in [3.05, 3.63) is 70.3 Å². The number of fused-ring (bicyclic) bond motifs is 4. The topological polar surface area (TPSA) is 103 Å². The summed E-state index contributed by atoms with van der Waals surface area (Å²) in [6, 6.07) is 11.5. The Hall–Kier alpha value is -2.63. The summed E-state index contributed by atoms with van der Waals surface area (Å²) in [6.45, 7) is 2.60. The molecule has 260 valence electrons. The lowest BCUT2D eigenvalue weighted by Gasteiger charge is -2.46. The summed E-state index contributed by atoms with van der Waals surface area (Å²) in [5.41, 5.74) is 3.37. The first-order chi connectivity index (χ1) is 23.2. The molecule has 1 amide bonds. The van der Waals surface area contributed by atoms with Crippen molar-refractivity contribution >= 4 is 33.2 Å². The summed E-state index contributed by atoms with van der Waals surface area (Å²) >= 11 is 6.44. The zero-order valence-electron chi connectivity index (χ0n) is 27.9. The van der Waals surface area contributed by atoms with Crippen molar-refractivity contribution < 1.29 is 32.2 Å². The Morgan fingerprint density at radius 3 is 2.71 bits per heavy atom. The van der Waals surface area contributed by atoms with E-state index in [9.17, 15) is 13.2 Å². The number of ether oxygens (including phenoxy) is 4. The first-order valence-corrected chi connectivity index (χ1v) is 19.3. The van der Waals surface area contributed by atoms with Gasteiger partial charge in [0.15, 0.2) is 0 Å². The molecule has 5 aliphatic rings. The van der Waals surface area contributed by atoms with Crippen molar-refractivity contribution in [2.45, 2.75) is 86.8 Å². The number of nitrogens with one attached hydrogen (secondary N) is 1. The van der Waals surface area contributed by atoms with E-state index in [1.54, 1.807) is 19.2 Å². The molecule has 1 saturated carbocycles. The second kappa shape index (κ2) is 13.9. The van der Waals surface area contributed by atoms with Crippen molar-refractivity contribution in [1.29, 1.82) is 0 Å². The van der Waals surface area contributed by atoms with Crippen LogP contribution in [0.1, 0.15) is 72.9 Å². The van der Waals surface area contributed by atoms with Gasteiger partial charge >= 0.3 is 0 Å². The molecule has 7 atom stereocenters. The highest BCUT2D eigenvalue weighted by atomic mass is 35.5. The Kier molecular flexibility index (Phi) is 9.83. The summed E-state index contributed by atoms with van der Waals surface area (Å²) in [7, 11) is -0.877. The van der Waals surface area contributed by atoms with Gasteiger partial charge in [-0.2, -0.15) is 0 Å². The van der Waals surface area contributed by atoms with Gasteiger partial charge in [0.05, 0.1) is 30.6 Å². The molecule has 7 rings (SSSR count). The second-order valence-electron chi connectivity index (χ2n) is 14.3. The van der Waals surface area contributed by atoms with Crippen LogP contribution in [0.25, 0.3) is 0 Å². The van der Waals surface area contributed by atoms with E-state index < -0.39 is 27.3 Å². The molecule has 3 aliphatic heterocycles. The summed E-state index contributed by atoms with van der Waals surface area (Å²) in [5, 5.41) is -0.241. The molecule has 2 bridgehead atoms. The minimum absolute atomic E-state index is 0.109. The largest absolute Gasteiger partial charge is 0.490 e. The molecular formula is C37H47ClN2O7S. The number of aryl methyl sites for hydroxylation is 1. The minimum Gasteiger partial charge on any atom is -0.490 e. The van der Waals surface area contributed by atoms with Gasteiger partial charge in [0.1, 0.15) is 11.0 Å². The van der Waals surface area contributed by atoms with Gasteiger partial charge in [-0.3, -0.25) is 4.79 Å². The van der Waals surface area contributed by atoms with Crippen LogP contribution in [0.15, 0.2) is 48.6 Å². The van der Waals surface area contributed by atoms with E-state index in [-0.39, 0.29) is 29.6 Å². The molecule has 11 heteroatoms. The standard InChI is InChI=1S/C37H47ClN2O7S/c1-44-32-8-3-9-34(45-2)35(20-28-7-5-17-46-28)48(42,43)39-36(41)25-11-15-33-31(19-25)40(21-26-10-13-29(26)32)22-37(23-47-33)16-4-6-24-18-27(38)12-14-30(24)37/h3,8,11-12,14-15,18-19,26,28-29,32,34-35H,4-7,9-10,13,16-17,20-23H2,1-2H3,(H,39,41)/b8-3+/t26-,28-,29+,32-,34+,35+,37-/m0/s1. The van der Waals surface area contributed by atoms with E-state index in [2.05, 4.69) is 27.8 Å². The minimum atomic E-state index is -4.15. The lowest BCUT2D eigenvalue weighted by Crippen LogP contribution is -2.49. The van der Waals surface area contributed by atoms with Gasteiger partial charge in [0.2, 0.25) is 10.0 Å². The third-order valence-corrected chi connectivity index (χ3v) is 13.5. The maximum absolute atomic E-state index is 14.0. The summed E-state index contributed by atoms with van der Waals surface area (Å²) < 4.78 is 54.8. The van der Waals surface area contributed by atoms with Crippen LogP contribution in [0.4, 0.5) is 5.69 Å². The van der Waals surface area contributed by atoms with E-state index in [1.165, 1.54) is 18.2 Å². The zero-order valence-corrected chi connectivity index (χ0v) is 29.4. The first-order valence-electron chi connectivity index (χ1n) is 17.4. The zero-order chi connectivity index (χ0) is 33.5. The molecule has 3 heterocycles. The fourth-order valence-corrected chi connectivity index (χ4v) is 10.6. The van der Waals surface area contributed by atoms with Crippen molar-refractivity contribution in [3.63, 3.8) is 0 Å². The number of rotatable bonds is 4. The van der Waals surface area contributed by atoms with Gasteiger partial charge in [-0.15, -0.1) is 0 Å². The van der Waals surface area contributed by atoms with Gasteiger partial charge in [-0.05, 0) is 111 Å². The molecule has 0 unspecified atom stereocenters. The van der Waals surface area contributed by atoms with Crippen LogP contribution in [0, 0.1) is 11.8 Å². The number of methoxy groups -OCH3 is 2. The smallest absolute Gasteiger partial charge is 0.264 e. The van der Waals surface area contributed by atoms with Crippen LogP contribution in [-0.4, -0.2) is 78.4 Å². The number of carbonyl (C=O) groups is 1. The predicted octanol–water partition coefficient (Wildman–Crippen LogP) is 5.83. The molecule has 0 aromatic heterocycles. The molecule has 1 N–H and O–H groups in total. The van der Waals surface area contributed by atoms with Crippen LogP contribution in [0.3, 0.4) is 0 Å². The highest BCUT2D eigenvalue weighted by Crippen LogP contribution is 2.47. The fourth-order valence-electron chi connectivity index (χ4n) is 8.77. The van der Waals surface area contributed by atoms with Crippen LogP contribution < -0.4 is 14.4 Å². The lowest BCUT2D eigenvalue weighted by molar-refractivity contribution is 0.0128. The molecule has 48 heavy (non-hydrogen) atoms. The summed E-state index contributed by atoms with van der Waals surface area (Å²) in [5.74, 6) is 0.708. The average molecular weight is 699 g/mol. The maximum atomic E-state index is 14.0. The first kappa shape index (κ1) is 33.8. The van der Waals surface area contributed by atoms with Gasteiger partial charge in [-0.25, -0.2) is 13.1 Å². The number of halogens is 1. The third kappa shape index (κ3) is 6.63. The number of amides is 1. The molecule has 1 saturated heterocycles. The van der Waals surface area contributed by atoms with Crippen LogP contribution in [-0.2, 0) is 36.1 Å². The van der Waals surface area contributed by atoms with Crippen molar-refractivity contribution in [2.75, 3.05) is 45.4 Å². The molecule has 9 nitrogen and oxygen atoms in total. The molecule has 2 aromatic carbocycles. The lowest BCUT2D eigenvalue weighted by atomic mass is 9.68. The van der Waals surface area contributed by atoms with E-state index in [0.29, 0.717) is 43.8 Å². The second-order valence-corrected chi connectivity index (χ2v) is 16.6. The number of nitrogens with zero attached hydrogens (tertiary/aromatic N) is 1. The predicted molar refractivity (Wildman–Crippen MR) is 186 cm³/mol. The monoisotopic (exact) mass is 698 g/mol. The summed E-state index contributed by atoms with van der Waals surface area (Å²) in [6.07, 6.45) is 10.5. The molecule has 0 radical (unpaired) electrons. The highest BCUT2D eigenvalue weighted by Gasteiger charge is 2.45. The van der Waals surface area contributed by atoms with E-state index in [0.717, 1.165) is 62.2 Å². The van der Waals surface area contributed by atoms with E-state index >= 15 is 0 Å². The normalized spacial score (nSPS) is 33.8. The Morgan fingerprint density at radius 1 is 1.08 bits per heavy atom. The Balaban J connectivity index is 1.28. The molecule has 2 fully saturated rings. The Morgan fingerprint density at radius 2 is 1.96 bits per heavy atom. The SMILES string of the molecule is CO[C@H]1/C=C/C[C@@H](OC)[C@@H](C[C@@H]2CCCO2)S(=O)(=O)NC(=O)c2ccc3c(c2)N(C[C@@H]2CC[C@H]21)C[C@@]1(CCCc2cc(Cl)ccc21)CO3. The fraction of sp³-hybridized carbons (Fsp3) is 0.595. The van der Waals surface area contributed by atoms with Gasteiger partial charge < -0.3 is 23.8 Å². The van der Waals surface area contributed by atoms with Crippen molar-refractivity contribution in [3.8, 4) is 5.75 Å². The van der Waals surface area contributed by atoms with E-state index in [1.807, 2.05) is 18.2 Å². The molecule has 2 aromatic rings. The number of carbonyl (C=O) groups excluding carboxylic acids is 1. The van der Waals surface area contributed by atoms with Crippen LogP contribution in [0.5, 0.6) is 5.75 Å². The number of hydrogen-bond acceptors (Lipinski definition) is 8. The molecule has 1 spiro atoms. The van der Waals surface area contributed by atoms with Crippen molar-refractivity contribution in [2.24, 2.45) is 11.8 Å². The van der Waals surface area contributed by atoms with Gasteiger partial charge in [0.25, 0.3) is 5.91 Å². The quantitative estimate of drug-likeness (QED) is 0.399.